The van der Waals surface area contributed by atoms with Crippen molar-refractivity contribution in [1.29, 1.82) is 0 Å². The van der Waals surface area contributed by atoms with Crippen molar-refractivity contribution in [3.05, 3.63) is 71.3 Å². The Morgan fingerprint density at radius 2 is 1.81 bits per heavy atom. The summed E-state index contributed by atoms with van der Waals surface area (Å²) in [4.78, 5) is 25.0. The smallest absolute Gasteiger partial charge is 0.315 e. The fourth-order valence-corrected chi connectivity index (χ4v) is 3.65. The highest BCUT2D eigenvalue weighted by Gasteiger charge is 2.52. The van der Waals surface area contributed by atoms with E-state index in [1.54, 1.807) is 0 Å². The second-order valence-corrected chi connectivity index (χ2v) is 7.24. The van der Waals surface area contributed by atoms with Crippen LogP contribution in [-0.4, -0.2) is 23.5 Å². The Kier molecular flexibility index (Phi) is 4.86. The lowest BCUT2D eigenvalue weighted by Gasteiger charge is -2.30. The van der Waals surface area contributed by atoms with Crippen molar-refractivity contribution in [3.63, 3.8) is 0 Å². The van der Waals surface area contributed by atoms with E-state index in [1.807, 2.05) is 68.4 Å². The first-order valence-corrected chi connectivity index (χ1v) is 9.09. The summed E-state index contributed by atoms with van der Waals surface area (Å²) in [6.07, 6.45) is 2.02. The van der Waals surface area contributed by atoms with E-state index in [9.17, 15) is 14.7 Å². The predicted molar refractivity (Wildman–Crippen MR) is 101 cm³/mol. The SMILES string of the molecule is CCC(CNC(=O)C1(c2cccc(C)c2)CC1)(C(=O)O)c1ccccc1. The summed E-state index contributed by atoms with van der Waals surface area (Å²) in [5.74, 6) is -0.981. The number of hydrogen-bond acceptors (Lipinski definition) is 2. The van der Waals surface area contributed by atoms with E-state index >= 15 is 0 Å². The van der Waals surface area contributed by atoms with Crippen molar-refractivity contribution in [1.82, 2.24) is 5.32 Å². The van der Waals surface area contributed by atoms with Crippen LogP contribution in [0.1, 0.15) is 42.9 Å². The van der Waals surface area contributed by atoms with E-state index in [1.165, 1.54) is 0 Å². The molecule has 1 saturated carbocycles. The lowest BCUT2D eigenvalue weighted by molar-refractivity contribution is -0.144. The first kappa shape index (κ1) is 18.2. The van der Waals surface area contributed by atoms with E-state index in [0.29, 0.717) is 6.42 Å². The van der Waals surface area contributed by atoms with E-state index in [0.717, 1.165) is 29.5 Å². The summed E-state index contributed by atoms with van der Waals surface area (Å²) in [6.45, 7) is 3.95. The van der Waals surface area contributed by atoms with E-state index in [2.05, 4.69) is 5.32 Å². The number of rotatable bonds is 7. The molecule has 0 heterocycles. The molecule has 2 aromatic carbocycles. The van der Waals surface area contributed by atoms with Crippen LogP contribution in [0.3, 0.4) is 0 Å². The van der Waals surface area contributed by atoms with Crippen LogP contribution >= 0.6 is 0 Å². The van der Waals surface area contributed by atoms with Gasteiger partial charge in [-0.2, -0.15) is 0 Å². The van der Waals surface area contributed by atoms with Gasteiger partial charge in [-0.15, -0.1) is 0 Å². The molecule has 0 spiro atoms. The molecule has 2 N–H and O–H groups in total. The second kappa shape index (κ2) is 6.94. The summed E-state index contributed by atoms with van der Waals surface area (Å²) < 4.78 is 0. The Hall–Kier alpha value is -2.62. The monoisotopic (exact) mass is 351 g/mol. The first-order chi connectivity index (χ1) is 12.4. The molecule has 0 aliphatic heterocycles. The molecule has 0 aromatic heterocycles. The van der Waals surface area contributed by atoms with Gasteiger partial charge in [-0.25, -0.2) is 0 Å². The van der Waals surface area contributed by atoms with Gasteiger partial charge < -0.3 is 10.4 Å². The van der Waals surface area contributed by atoms with Crippen LogP contribution in [0.2, 0.25) is 0 Å². The zero-order valence-electron chi connectivity index (χ0n) is 15.3. The van der Waals surface area contributed by atoms with Crippen LogP contribution in [0, 0.1) is 6.92 Å². The van der Waals surface area contributed by atoms with Crippen LogP contribution < -0.4 is 5.32 Å². The Bertz CT molecular complexity index is 811. The molecule has 1 atom stereocenters. The van der Waals surface area contributed by atoms with Crippen molar-refractivity contribution in [2.75, 3.05) is 6.54 Å². The number of carboxylic acids is 1. The normalized spacial score (nSPS) is 17.2. The molecule has 2 aromatic rings. The number of carbonyl (C=O) groups is 2. The molecular weight excluding hydrogens is 326 g/mol. The quantitative estimate of drug-likeness (QED) is 0.801. The van der Waals surface area contributed by atoms with Crippen LogP contribution in [0.15, 0.2) is 54.6 Å². The van der Waals surface area contributed by atoms with Gasteiger partial charge in [0.2, 0.25) is 5.91 Å². The number of carboxylic acid groups (broad SMARTS) is 1. The average molecular weight is 351 g/mol. The maximum Gasteiger partial charge on any atom is 0.315 e. The molecule has 1 aliphatic rings. The van der Waals surface area contributed by atoms with Gasteiger partial charge in [-0.3, -0.25) is 9.59 Å². The fourth-order valence-electron chi connectivity index (χ4n) is 3.65. The molecule has 3 rings (SSSR count). The molecule has 26 heavy (non-hydrogen) atoms. The Labute approximate surface area is 154 Å². The fraction of sp³-hybridized carbons (Fsp3) is 0.364. The van der Waals surface area contributed by atoms with Gasteiger partial charge in [0.25, 0.3) is 0 Å². The van der Waals surface area contributed by atoms with Crippen LogP contribution in [0.4, 0.5) is 0 Å². The number of amides is 1. The molecule has 0 radical (unpaired) electrons. The molecule has 0 bridgehead atoms. The molecule has 1 aliphatic carbocycles. The van der Waals surface area contributed by atoms with E-state index < -0.39 is 16.8 Å². The molecule has 136 valence electrons. The molecule has 1 unspecified atom stereocenters. The Balaban J connectivity index is 1.82. The standard InChI is InChI=1S/C22H25NO3/c1-3-21(20(25)26,17-9-5-4-6-10-17)15-23-19(24)22(12-13-22)18-11-7-8-16(2)14-18/h4-11,14H,3,12-13,15H2,1-2H3,(H,23,24)(H,25,26). The lowest BCUT2D eigenvalue weighted by Crippen LogP contribution is -2.48. The van der Waals surface area contributed by atoms with E-state index in [4.69, 9.17) is 0 Å². The number of aliphatic carboxylic acids is 1. The number of carbonyl (C=O) groups excluding carboxylic acids is 1. The zero-order valence-corrected chi connectivity index (χ0v) is 15.3. The second-order valence-electron chi connectivity index (χ2n) is 7.24. The van der Waals surface area contributed by atoms with Crippen molar-refractivity contribution in [3.8, 4) is 0 Å². The Morgan fingerprint density at radius 1 is 1.12 bits per heavy atom. The van der Waals surface area contributed by atoms with Gasteiger partial charge in [0, 0.05) is 6.54 Å². The largest absolute Gasteiger partial charge is 0.481 e. The van der Waals surface area contributed by atoms with Crippen molar-refractivity contribution in [2.24, 2.45) is 0 Å². The number of hydrogen-bond donors (Lipinski definition) is 2. The van der Waals surface area contributed by atoms with Gasteiger partial charge >= 0.3 is 5.97 Å². The average Bonchev–Trinajstić information content (AvgIpc) is 3.45. The maximum atomic E-state index is 13.0. The van der Waals surface area contributed by atoms with Gasteiger partial charge in [0.15, 0.2) is 0 Å². The molecule has 4 nitrogen and oxygen atoms in total. The third-order valence-corrected chi connectivity index (χ3v) is 5.65. The van der Waals surface area contributed by atoms with Crippen molar-refractivity contribution >= 4 is 11.9 Å². The predicted octanol–water partition coefficient (Wildman–Crippen LogP) is 3.58. The number of benzene rings is 2. The third kappa shape index (κ3) is 3.12. The van der Waals surface area contributed by atoms with Gasteiger partial charge in [-0.1, -0.05) is 67.1 Å². The zero-order chi connectivity index (χ0) is 18.8. The molecule has 0 saturated heterocycles. The highest BCUT2D eigenvalue weighted by molar-refractivity contribution is 5.92. The molecule has 1 amide bonds. The van der Waals surface area contributed by atoms with Crippen LogP contribution in [0.25, 0.3) is 0 Å². The number of aryl methyl sites for hydroxylation is 1. The van der Waals surface area contributed by atoms with Gasteiger partial charge in [0.1, 0.15) is 5.41 Å². The number of nitrogens with one attached hydrogen (secondary N) is 1. The Morgan fingerprint density at radius 3 is 2.35 bits per heavy atom. The first-order valence-electron chi connectivity index (χ1n) is 9.09. The summed E-state index contributed by atoms with van der Waals surface area (Å²) in [7, 11) is 0. The van der Waals surface area contributed by atoms with Crippen LogP contribution in [-0.2, 0) is 20.4 Å². The highest BCUT2D eigenvalue weighted by Crippen LogP contribution is 2.48. The van der Waals surface area contributed by atoms with E-state index in [-0.39, 0.29) is 12.5 Å². The van der Waals surface area contributed by atoms with Gasteiger partial charge in [-0.05, 0) is 37.3 Å². The topological polar surface area (TPSA) is 66.4 Å². The lowest BCUT2D eigenvalue weighted by atomic mass is 9.77. The van der Waals surface area contributed by atoms with Crippen LogP contribution in [0.5, 0.6) is 0 Å². The minimum atomic E-state index is -1.11. The molecule has 1 fully saturated rings. The summed E-state index contributed by atoms with van der Waals surface area (Å²) in [5.41, 5.74) is 1.25. The summed E-state index contributed by atoms with van der Waals surface area (Å²) >= 11 is 0. The molecule has 4 heteroatoms. The minimum absolute atomic E-state index is 0.0712. The summed E-state index contributed by atoms with van der Waals surface area (Å²) in [6, 6.07) is 17.2. The van der Waals surface area contributed by atoms with Crippen molar-refractivity contribution < 1.29 is 14.7 Å². The molecular formula is C22H25NO3. The van der Waals surface area contributed by atoms with Gasteiger partial charge in [0.05, 0.1) is 5.41 Å². The minimum Gasteiger partial charge on any atom is -0.481 e. The third-order valence-electron chi connectivity index (χ3n) is 5.65. The highest BCUT2D eigenvalue weighted by atomic mass is 16.4. The maximum absolute atomic E-state index is 13.0. The van der Waals surface area contributed by atoms with Crippen molar-refractivity contribution in [2.45, 2.75) is 43.9 Å². The summed E-state index contributed by atoms with van der Waals surface area (Å²) in [5, 5.41) is 12.9.